The summed E-state index contributed by atoms with van der Waals surface area (Å²) in [5.41, 5.74) is 1.54. The molecule has 0 bridgehead atoms. The van der Waals surface area contributed by atoms with Gasteiger partial charge in [0.05, 0.1) is 19.3 Å². The van der Waals surface area contributed by atoms with Crippen molar-refractivity contribution in [3.63, 3.8) is 0 Å². The number of anilines is 1. The van der Waals surface area contributed by atoms with Crippen molar-refractivity contribution < 1.29 is 9.53 Å². The van der Waals surface area contributed by atoms with Gasteiger partial charge in [-0.1, -0.05) is 29.0 Å². The lowest BCUT2D eigenvalue weighted by Crippen LogP contribution is -2.29. The lowest BCUT2D eigenvalue weighted by atomic mass is 10.2. The normalized spacial score (nSPS) is 10.7. The van der Waals surface area contributed by atoms with Crippen molar-refractivity contribution in [2.45, 2.75) is 6.54 Å². The van der Waals surface area contributed by atoms with Crippen molar-refractivity contribution in [2.75, 3.05) is 12.4 Å². The van der Waals surface area contributed by atoms with Gasteiger partial charge in [-0.2, -0.15) is 9.61 Å². The highest BCUT2D eigenvalue weighted by molar-refractivity contribution is 7.19. The molecule has 0 saturated carbocycles. The summed E-state index contributed by atoms with van der Waals surface area (Å²) >= 11 is 7.19. The maximum absolute atomic E-state index is 12.4. The fraction of sp³-hybridized carbons (Fsp3) is 0.100. The number of amides is 2. The van der Waals surface area contributed by atoms with Gasteiger partial charge in [0.15, 0.2) is 0 Å². The number of nitrogens with zero attached hydrogens (tertiary/aromatic N) is 3. The molecule has 4 aromatic rings. The Morgan fingerprint density at radius 2 is 2.00 bits per heavy atom. The number of hydrogen-bond donors (Lipinski definition) is 2. The van der Waals surface area contributed by atoms with Crippen LogP contribution in [0.25, 0.3) is 15.5 Å². The van der Waals surface area contributed by atoms with E-state index in [2.05, 4.69) is 20.7 Å². The topological polar surface area (TPSA) is 97.6 Å². The molecule has 0 spiro atoms. The minimum absolute atomic E-state index is 0.0912. The van der Waals surface area contributed by atoms with Crippen molar-refractivity contribution in [2.24, 2.45) is 0 Å². The van der Waals surface area contributed by atoms with E-state index in [1.54, 1.807) is 31.4 Å². The van der Waals surface area contributed by atoms with Crippen LogP contribution in [0.4, 0.5) is 10.5 Å². The highest BCUT2D eigenvalue weighted by Crippen LogP contribution is 2.26. The summed E-state index contributed by atoms with van der Waals surface area (Å²) in [5, 5.41) is 10.9. The first kappa shape index (κ1) is 19.9. The quantitative estimate of drug-likeness (QED) is 0.491. The predicted molar refractivity (Wildman–Crippen MR) is 116 cm³/mol. The van der Waals surface area contributed by atoms with Gasteiger partial charge in [-0.05, 0) is 42.5 Å². The molecule has 4 rings (SSSR count). The number of carbonyl (C=O) groups is 1. The Kier molecular flexibility index (Phi) is 5.64. The number of ether oxygens (including phenoxy) is 1. The van der Waals surface area contributed by atoms with Crippen LogP contribution >= 0.6 is 22.9 Å². The molecule has 0 aliphatic rings. The molecule has 0 radical (unpaired) electrons. The zero-order chi connectivity index (χ0) is 21.1. The van der Waals surface area contributed by atoms with E-state index in [0.717, 1.165) is 11.3 Å². The van der Waals surface area contributed by atoms with E-state index in [4.69, 9.17) is 16.3 Å². The standard InChI is InChI=1S/C20H16ClN5O3S/c1-29-16-7-5-12(6-8-16)18-25-26-17(27)10-15(24-20(26)30-18)11-22-19(28)23-14-4-2-3-13(21)9-14/h2-10H,11H2,1H3,(H2,22,23,28). The van der Waals surface area contributed by atoms with Gasteiger partial charge in [0, 0.05) is 22.3 Å². The van der Waals surface area contributed by atoms with Gasteiger partial charge in [-0.15, -0.1) is 0 Å². The third-order valence-electron chi connectivity index (χ3n) is 4.15. The minimum atomic E-state index is -0.428. The van der Waals surface area contributed by atoms with Gasteiger partial charge in [0.1, 0.15) is 10.8 Å². The first-order chi connectivity index (χ1) is 14.5. The number of hydrogen-bond acceptors (Lipinski definition) is 6. The van der Waals surface area contributed by atoms with Gasteiger partial charge in [-0.25, -0.2) is 9.78 Å². The molecule has 152 valence electrons. The largest absolute Gasteiger partial charge is 0.497 e. The molecule has 2 aromatic carbocycles. The number of halogens is 1. The fourth-order valence-electron chi connectivity index (χ4n) is 2.71. The molecule has 30 heavy (non-hydrogen) atoms. The Morgan fingerprint density at radius 1 is 1.20 bits per heavy atom. The number of methoxy groups -OCH3 is 1. The second-order valence-corrected chi connectivity index (χ2v) is 7.63. The van der Waals surface area contributed by atoms with Crippen LogP contribution in [0.2, 0.25) is 5.02 Å². The van der Waals surface area contributed by atoms with Crippen LogP contribution in [-0.2, 0) is 6.54 Å². The summed E-state index contributed by atoms with van der Waals surface area (Å²) in [6, 6.07) is 15.1. The van der Waals surface area contributed by atoms with Crippen LogP contribution in [0, 0.1) is 0 Å². The van der Waals surface area contributed by atoms with Crippen LogP contribution in [0.1, 0.15) is 5.69 Å². The van der Waals surface area contributed by atoms with Gasteiger partial charge in [0.25, 0.3) is 5.56 Å². The first-order valence-corrected chi connectivity index (χ1v) is 10.1. The highest BCUT2D eigenvalue weighted by Gasteiger charge is 2.11. The molecule has 0 saturated heterocycles. The van der Waals surface area contributed by atoms with Crippen LogP contribution in [0.15, 0.2) is 59.4 Å². The zero-order valence-electron chi connectivity index (χ0n) is 15.8. The van der Waals surface area contributed by atoms with E-state index < -0.39 is 6.03 Å². The average molecular weight is 442 g/mol. The molecule has 0 aliphatic heterocycles. The number of benzene rings is 2. The first-order valence-electron chi connectivity index (χ1n) is 8.86. The lowest BCUT2D eigenvalue weighted by Gasteiger charge is -2.07. The second-order valence-electron chi connectivity index (χ2n) is 6.23. The van der Waals surface area contributed by atoms with Crippen molar-refractivity contribution >= 4 is 39.6 Å². The number of urea groups is 1. The molecule has 10 heteroatoms. The third-order valence-corrected chi connectivity index (χ3v) is 5.34. The van der Waals surface area contributed by atoms with E-state index in [1.807, 2.05) is 24.3 Å². The molecule has 0 unspecified atom stereocenters. The maximum atomic E-state index is 12.4. The Labute approximate surface area is 180 Å². The average Bonchev–Trinajstić information content (AvgIpc) is 3.17. The summed E-state index contributed by atoms with van der Waals surface area (Å²) in [4.78, 5) is 29.4. The number of carbonyl (C=O) groups excluding carboxylic acids is 1. The van der Waals surface area contributed by atoms with Crippen molar-refractivity contribution in [3.05, 3.63) is 75.7 Å². The van der Waals surface area contributed by atoms with Crippen LogP contribution in [0.5, 0.6) is 5.75 Å². The molecule has 2 N–H and O–H groups in total. The predicted octanol–water partition coefficient (Wildman–Crippen LogP) is 3.80. The van der Waals surface area contributed by atoms with E-state index in [9.17, 15) is 9.59 Å². The zero-order valence-corrected chi connectivity index (χ0v) is 17.3. The molecule has 0 atom stereocenters. The highest BCUT2D eigenvalue weighted by atomic mass is 35.5. The Hall–Kier alpha value is -3.43. The molecule has 0 aliphatic carbocycles. The molecule has 0 fully saturated rings. The summed E-state index contributed by atoms with van der Waals surface area (Å²) in [7, 11) is 1.60. The maximum Gasteiger partial charge on any atom is 0.319 e. The molecular weight excluding hydrogens is 426 g/mol. The number of nitrogens with one attached hydrogen (secondary N) is 2. The Balaban J connectivity index is 1.49. The lowest BCUT2D eigenvalue weighted by molar-refractivity contribution is 0.251. The third kappa shape index (κ3) is 4.42. The van der Waals surface area contributed by atoms with Crippen LogP contribution < -0.4 is 20.9 Å². The van der Waals surface area contributed by atoms with Gasteiger partial charge < -0.3 is 15.4 Å². The van der Waals surface area contributed by atoms with Crippen molar-refractivity contribution in [1.82, 2.24) is 19.9 Å². The number of rotatable bonds is 5. The summed E-state index contributed by atoms with van der Waals surface area (Å²) in [6.45, 7) is 0.0912. The van der Waals surface area contributed by atoms with Crippen LogP contribution in [-0.4, -0.2) is 27.7 Å². The summed E-state index contributed by atoms with van der Waals surface area (Å²) in [6.07, 6.45) is 0. The fourth-order valence-corrected chi connectivity index (χ4v) is 3.83. The van der Waals surface area contributed by atoms with E-state index in [1.165, 1.54) is 21.9 Å². The molecule has 8 nitrogen and oxygen atoms in total. The van der Waals surface area contributed by atoms with E-state index >= 15 is 0 Å². The van der Waals surface area contributed by atoms with Gasteiger partial charge in [0.2, 0.25) is 4.96 Å². The Bertz CT molecular complexity index is 1270. The molecule has 2 heterocycles. The smallest absolute Gasteiger partial charge is 0.319 e. The molecule has 2 amide bonds. The van der Waals surface area contributed by atoms with Gasteiger partial charge >= 0.3 is 6.03 Å². The van der Waals surface area contributed by atoms with E-state index in [0.29, 0.717) is 26.4 Å². The number of aromatic nitrogens is 3. The van der Waals surface area contributed by atoms with E-state index in [-0.39, 0.29) is 12.1 Å². The minimum Gasteiger partial charge on any atom is -0.497 e. The van der Waals surface area contributed by atoms with Crippen molar-refractivity contribution in [1.29, 1.82) is 0 Å². The molecule has 2 aromatic heterocycles. The van der Waals surface area contributed by atoms with Crippen molar-refractivity contribution in [3.8, 4) is 16.3 Å². The summed E-state index contributed by atoms with van der Waals surface area (Å²) in [5.74, 6) is 0.736. The van der Waals surface area contributed by atoms with Gasteiger partial charge in [-0.3, -0.25) is 4.79 Å². The summed E-state index contributed by atoms with van der Waals surface area (Å²) < 4.78 is 6.41. The number of fused-ring (bicyclic) bond motifs is 1. The monoisotopic (exact) mass is 441 g/mol. The SMILES string of the molecule is COc1ccc(-c2nn3c(=O)cc(CNC(=O)Nc4cccc(Cl)c4)nc3s2)cc1. The Morgan fingerprint density at radius 3 is 2.73 bits per heavy atom. The second kappa shape index (κ2) is 8.52. The molecular formula is C20H16ClN5O3S. The van der Waals surface area contributed by atoms with Crippen LogP contribution in [0.3, 0.4) is 0 Å².